The second-order valence-corrected chi connectivity index (χ2v) is 7.04. The highest BCUT2D eigenvalue weighted by atomic mass is 19.1. The third-order valence-corrected chi connectivity index (χ3v) is 5.51. The van der Waals surface area contributed by atoms with Crippen LogP contribution in [0.5, 0.6) is 11.5 Å². The van der Waals surface area contributed by atoms with Crippen LogP contribution in [0.4, 0.5) is 4.39 Å². The van der Waals surface area contributed by atoms with E-state index in [1.54, 1.807) is 0 Å². The number of rotatable bonds is 1. The van der Waals surface area contributed by atoms with E-state index in [2.05, 4.69) is 0 Å². The molecule has 2 aliphatic rings. The summed E-state index contributed by atoms with van der Waals surface area (Å²) in [5, 5.41) is 42.1. The van der Waals surface area contributed by atoms with Gasteiger partial charge in [0.25, 0.3) is 0 Å². The highest BCUT2D eigenvalue weighted by molar-refractivity contribution is 6.30. The van der Waals surface area contributed by atoms with E-state index in [4.69, 9.17) is 0 Å². The molecule has 3 unspecified atom stereocenters. The number of aromatic hydroxyl groups is 2. The van der Waals surface area contributed by atoms with Gasteiger partial charge in [0.2, 0.25) is 0 Å². The number of hydrogen-bond acceptors (Lipinski definition) is 7. The Morgan fingerprint density at radius 3 is 1.96 bits per heavy atom. The molecule has 0 saturated heterocycles. The number of halogens is 1. The highest BCUT2D eigenvalue weighted by Crippen LogP contribution is 2.55. The van der Waals surface area contributed by atoms with Gasteiger partial charge in [-0.3, -0.25) is 14.4 Å². The number of hydrogen-bond donors (Lipinski definition) is 4. The van der Waals surface area contributed by atoms with Crippen LogP contribution in [0.2, 0.25) is 0 Å². The van der Waals surface area contributed by atoms with Gasteiger partial charge in [0.05, 0.1) is 17.2 Å². The standard InChI is InChI=1S/C20H15FO7/c1-7(22)20(28)6-10(23)11-14(19(20)21)18(27)13-12(17(11)26)15(24)8-4-2-3-5-9(8)16(13)25/h2-5,10,19,23,26-28H,6H2,1H3. The summed E-state index contributed by atoms with van der Waals surface area (Å²) in [7, 11) is 0. The first-order valence-electron chi connectivity index (χ1n) is 8.46. The van der Waals surface area contributed by atoms with Crippen LogP contribution in [-0.4, -0.2) is 43.4 Å². The number of fused-ring (bicyclic) bond motifs is 3. The van der Waals surface area contributed by atoms with E-state index in [9.17, 15) is 34.8 Å². The third kappa shape index (κ3) is 2.07. The maximum Gasteiger partial charge on any atom is 0.198 e. The normalized spacial score (nSPS) is 25.7. The number of aliphatic hydroxyl groups is 2. The van der Waals surface area contributed by atoms with Gasteiger partial charge in [-0.2, -0.15) is 0 Å². The number of Topliss-reactive ketones (excluding diaryl/α,β-unsaturated/α-hetero) is 1. The lowest BCUT2D eigenvalue weighted by molar-refractivity contribution is -0.150. The van der Waals surface area contributed by atoms with Gasteiger partial charge >= 0.3 is 0 Å². The molecule has 0 spiro atoms. The summed E-state index contributed by atoms with van der Waals surface area (Å²) in [6.45, 7) is 0.921. The Morgan fingerprint density at radius 2 is 1.50 bits per heavy atom. The minimum atomic E-state index is -2.65. The zero-order valence-corrected chi connectivity index (χ0v) is 14.6. The first-order chi connectivity index (χ1) is 13.1. The average molecular weight is 386 g/mol. The Kier molecular flexibility index (Phi) is 3.72. The molecule has 2 aromatic rings. The second-order valence-electron chi connectivity index (χ2n) is 7.04. The number of benzene rings is 2. The Labute approximate surface area is 157 Å². The summed E-state index contributed by atoms with van der Waals surface area (Å²) in [5.41, 5.74) is -5.14. The number of carbonyl (C=O) groups is 3. The molecule has 2 aromatic carbocycles. The molecular weight excluding hydrogens is 371 g/mol. The number of ketones is 3. The zero-order chi connectivity index (χ0) is 20.5. The van der Waals surface area contributed by atoms with Crippen LogP contribution < -0.4 is 0 Å². The molecule has 0 amide bonds. The number of alkyl halides is 1. The van der Waals surface area contributed by atoms with E-state index in [1.807, 2.05) is 0 Å². The van der Waals surface area contributed by atoms with Gasteiger partial charge in [0.1, 0.15) is 11.5 Å². The molecule has 0 aromatic heterocycles. The zero-order valence-electron chi connectivity index (χ0n) is 14.6. The van der Waals surface area contributed by atoms with Crippen molar-refractivity contribution >= 4 is 17.3 Å². The van der Waals surface area contributed by atoms with Crippen molar-refractivity contribution in [1.82, 2.24) is 0 Å². The molecule has 4 N–H and O–H groups in total. The van der Waals surface area contributed by atoms with Crippen LogP contribution in [0.3, 0.4) is 0 Å². The van der Waals surface area contributed by atoms with E-state index in [1.165, 1.54) is 24.3 Å². The molecule has 28 heavy (non-hydrogen) atoms. The lowest BCUT2D eigenvalue weighted by atomic mass is 9.71. The van der Waals surface area contributed by atoms with Crippen molar-refractivity contribution in [2.45, 2.75) is 31.2 Å². The molecule has 0 aliphatic heterocycles. The van der Waals surface area contributed by atoms with Crippen LogP contribution in [0.15, 0.2) is 24.3 Å². The van der Waals surface area contributed by atoms with Crippen molar-refractivity contribution < 1.29 is 39.2 Å². The Balaban J connectivity index is 2.08. The second kappa shape index (κ2) is 5.70. The number of phenols is 2. The summed E-state index contributed by atoms with van der Waals surface area (Å²) in [6.07, 6.45) is -5.03. The van der Waals surface area contributed by atoms with Crippen molar-refractivity contribution in [1.29, 1.82) is 0 Å². The van der Waals surface area contributed by atoms with Crippen molar-refractivity contribution in [3.8, 4) is 11.5 Å². The van der Waals surface area contributed by atoms with Gasteiger partial charge < -0.3 is 20.4 Å². The fourth-order valence-electron chi connectivity index (χ4n) is 4.01. The van der Waals surface area contributed by atoms with Crippen molar-refractivity contribution in [2.24, 2.45) is 0 Å². The minimum absolute atomic E-state index is 0.00279. The number of phenolic OH excluding ortho intramolecular Hbond substituents is 2. The third-order valence-electron chi connectivity index (χ3n) is 5.51. The molecule has 2 aliphatic carbocycles. The highest BCUT2D eigenvalue weighted by Gasteiger charge is 2.53. The van der Waals surface area contributed by atoms with Crippen LogP contribution in [0, 0.1) is 0 Å². The first-order valence-corrected chi connectivity index (χ1v) is 8.46. The van der Waals surface area contributed by atoms with E-state index in [-0.39, 0.29) is 11.1 Å². The van der Waals surface area contributed by atoms with Crippen molar-refractivity contribution in [3.05, 3.63) is 57.6 Å². The van der Waals surface area contributed by atoms with Crippen LogP contribution in [0.25, 0.3) is 0 Å². The maximum absolute atomic E-state index is 15.1. The summed E-state index contributed by atoms with van der Waals surface area (Å²) in [6, 6.07) is 5.74. The molecule has 0 heterocycles. The summed E-state index contributed by atoms with van der Waals surface area (Å²) in [5.74, 6) is -4.41. The smallest absolute Gasteiger partial charge is 0.198 e. The number of aliphatic hydroxyl groups excluding tert-OH is 1. The largest absolute Gasteiger partial charge is 0.507 e. The van der Waals surface area contributed by atoms with Gasteiger partial charge in [0.15, 0.2) is 29.1 Å². The average Bonchev–Trinajstić information content (AvgIpc) is 2.65. The first kappa shape index (κ1) is 18.3. The molecule has 0 bridgehead atoms. The molecular formula is C20H15FO7. The quantitative estimate of drug-likeness (QED) is 0.468. The van der Waals surface area contributed by atoms with Crippen LogP contribution >= 0.6 is 0 Å². The maximum atomic E-state index is 15.1. The summed E-state index contributed by atoms with van der Waals surface area (Å²) < 4.78 is 15.1. The van der Waals surface area contributed by atoms with Crippen molar-refractivity contribution in [3.63, 3.8) is 0 Å². The van der Waals surface area contributed by atoms with Gasteiger partial charge in [-0.05, 0) is 6.92 Å². The molecule has 0 radical (unpaired) electrons. The van der Waals surface area contributed by atoms with E-state index < -0.39 is 75.4 Å². The predicted octanol–water partition coefficient (Wildman–Crippen LogP) is 1.64. The number of carbonyl (C=O) groups excluding carboxylic acids is 3. The fourth-order valence-corrected chi connectivity index (χ4v) is 4.01. The Morgan fingerprint density at radius 1 is 1.04 bits per heavy atom. The molecule has 0 fully saturated rings. The van der Waals surface area contributed by atoms with Crippen LogP contribution in [0.1, 0.15) is 68.6 Å². The lowest BCUT2D eigenvalue weighted by Gasteiger charge is -2.39. The van der Waals surface area contributed by atoms with Gasteiger partial charge in [-0.25, -0.2) is 4.39 Å². The van der Waals surface area contributed by atoms with Gasteiger partial charge in [0, 0.05) is 28.7 Å². The fraction of sp³-hybridized carbons (Fsp3) is 0.250. The van der Waals surface area contributed by atoms with E-state index in [0.29, 0.717) is 0 Å². The van der Waals surface area contributed by atoms with Gasteiger partial charge in [-0.1, -0.05) is 24.3 Å². The molecule has 7 nitrogen and oxygen atoms in total. The summed E-state index contributed by atoms with van der Waals surface area (Å²) >= 11 is 0. The Bertz CT molecular complexity index is 1090. The monoisotopic (exact) mass is 386 g/mol. The van der Waals surface area contributed by atoms with Crippen molar-refractivity contribution in [2.75, 3.05) is 0 Å². The van der Waals surface area contributed by atoms with E-state index in [0.717, 1.165) is 6.92 Å². The molecule has 4 rings (SSSR count). The molecule has 0 saturated carbocycles. The molecule has 3 atom stereocenters. The van der Waals surface area contributed by atoms with Gasteiger partial charge in [-0.15, -0.1) is 0 Å². The van der Waals surface area contributed by atoms with E-state index >= 15 is 4.39 Å². The van der Waals surface area contributed by atoms with Crippen LogP contribution in [-0.2, 0) is 4.79 Å². The summed E-state index contributed by atoms with van der Waals surface area (Å²) in [4.78, 5) is 37.5. The predicted molar refractivity (Wildman–Crippen MR) is 92.1 cm³/mol. The Hall–Kier alpha value is -3.10. The lowest BCUT2D eigenvalue weighted by Crippen LogP contribution is -2.46. The topological polar surface area (TPSA) is 132 Å². The SMILES string of the molecule is CC(=O)C1(O)CC(O)c2c(O)c3c(c(O)c2C1F)C(=O)c1ccccc1C3=O. The minimum Gasteiger partial charge on any atom is -0.507 e. The molecule has 144 valence electrons. The molecule has 8 heteroatoms.